The van der Waals surface area contributed by atoms with Crippen molar-refractivity contribution in [3.8, 4) is 0 Å². The molecule has 334 valence electrons. The van der Waals surface area contributed by atoms with Crippen LogP contribution in [-0.2, 0) is 40.0 Å². The number of fused-ring (bicyclic) bond motifs is 6. The molecule has 0 spiro atoms. The van der Waals surface area contributed by atoms with Crippen LogP contribution in [0, 0.1) is 34.0 Å². The van der Waals surface area contributed by atoms with Crippen molar-refractivity contribution < 1.29 is 48.4 Å². The molecule has 0 unspecified atom stereocenters. The number of aliphatic hydroxyl groups excluding tert-OH is 1. The Balaban J connectivity index is 0.895. The molecule has 4 aliphatic rings. The number of ketones is 1. The largest absolute Gasteiger partial charge is 0.461 e. The first-order valence-corrected chi connectivity index (χ1v) is 21.7. The number of nitrogens with zero attached hydrogens (tertiary/aromatic N) is 1. The van der Waals surface area contributed by atoms with E-state index in [4.69, 9.17) is 19.6 Å². The Labute approximate surface area is 367 Å². The van der Waals surface area contributed by atoms with Gasteiger partial charge in [0.1, 0.15) is 24.4 Å². The second-order valence-corrected chi connectivity index (χ2v) is 19.0. The summed E-state index contributed by atoms with van der Waals surface area (Å²) in [7, 11) is 0. The lowest BCUT2D eigenvalue weighted by molar-refractivity contribution is -0.151. The second-order valence-electron chi connectivity index (χ2n) is 19.0. The van der Waals surface area contributed by atoms with Crippen molar-refractivity contribution in [3.05, 3.63) is 95.9 Å². The maximum Gasteiger partial charge on any atom is 0.407 e. The van der Waals surface area contributed by atoms with Crippen LogP contribution in [0.25, 0.3) is 10.8 Å². The summed E-state index contributed by atoms with van der Waals surface area (Å²) in [5, 5.41) is 40.1. The molecule has 3 fully saturated rings. The summed E-state index contributed by atoms with van der Waals surface area (Å²) in [6, 6.07) is 14.2. The minimum Gasteiger partial charge on any atom is -0.461 e. The van der Waals surface area contributed by atoms with E-state index in [0.29, 0.717) is 29.7 Å². The molecule has 3 saturated carbocycles. The molecule has 8 atom stereocenters. The Bertz CT molecular complexity index is 2350. The van der Waals surface area contributed by atoms with Crippen LogP contribution in [0.5, 0.6) is 0 Å². The first kappa shape index (κ1) is 45.3. The molecule has 1 heterocycles. The van der Waals surface area contributed by atoms with Crippen LogP contribution >= 0.6 is 0 Å². The quantitative estimate of drug-likeness (QED) is 0.0679. The van der Waals surface area contributed by atoms with Crippen molar-refractivity contribution in [1.29, 1.82) is 5.41 Å². The number of aliphatic hydroxyl groups is 2. The predicted octanol–water partition coefficient (Wildman–Crippen LogP) is 6.88. The molecule has 2 amide bonds. The minimum absolute atomic E-state index is 0.0312. The van der Waals surface area contributed by atoms with E-state index in [1.54, 1.807) is 75.6 Å². The van der Waals surface area contributed by atoms with Gasteiger partial charge in [0.15, 0.2) is 5.78 Å². The summed E-state index contributed by atoms with van der Waals surface area (Å²) in [5.41, 5.74) is -0.851. The number of rotatable bonds is 13. The molecule has 14 nitrogen and oxygen atoms in total. The van der Waals surface area contributed by atoms with Gasteiger partial charge in [0.25, 0.3) is 0 Å². The van der Waals surface area contributed by atoms with Crippen molar-refractivity contribution in [2.75, 3.05) is 18.5 Å². The molecule has 4 aliphatic carbocycles. The molecule has 3 aromatic rings. The highest BCUT2D eigenvalue weighted by Crippen LogP contribution is 2.67. The van der Waals surface area contributed by atoms with E-state index in [1.807, 2.05) is 31.2 Å². The highest BCUT2D eigenvalue weighted by atomic mass is 16.6. The zero-order valence-corrected chi connectivity index (χ0v) is 36.6. The lowest BCUT2D eigenvalue weighted by atomic mass is 9.46. The first-order chi connectivity index (χ1) is 29.8. The van der Waals surface area contributed by atoms with Gasteiger partial charge in [0, 0.05) is 46.8 Å². The van der Waals surface area contributed by atoms with Gasteiger partial charge in [0.2, 0.25) is 5.91 Å². The number of anilines is 1. The zero-order chi connectivity index (χ0) is 45.3. The number of esters is 2. The number of amides is 2. The van der Waals surface area contributed by atoms with E-state index in [0.717, 1.165) is 29.2 Å². The predicted molar refractivity (Wildman–Crippen MR) is 234 cm³/mol. The molecule has 0 bridgehead atoms. The van der Waals surface area contributed by atoms with Crippen LogP contribution in [0.4, 0.5) is 10.5 Å². The van der Waals surface area contributed by atoms with E-state index in [-0.39, 0.29) is 67.6 Å². The topological polar surface area (TPSA) is 214 Å². The van der Waals surface area contributed by atoms with E-state index in [9.17, 15) is 34.2 Å². The van der Waals surface area contributed by atoms with Crippen LogP contribution in [0.3, 0.4) is 0 Å². The van der Waals surface area contributed by atoms with Gasteiger partial charge in [0.05, 0.1) is 30.6 Å². The lowest BCUT2D eigenvalue weighted by Crippen LogP contribution is -2.61. The molecule has 7 rings (SSSR count). The second kappa shape index (κ2) is 17.8. The summed E-state index contributed by atoms with van der Waals surface area (Å²) in [5.74, 6) is -2.53. The molecule has 1 aromatic heterocycles. The Morgan fingerprint density at radius 3 is 2.44 bits per heavy atom. The summed E-state index contributed by atoms with van der Waals surface area (Å²) < 4.78 is 16.2. The van der Waals surface area contributed by atoms with Crippen molar-refractivity contribution in [2.45, 2.75) is 109 Å². The Morgan fingerprint density at radius 2 is 1.71 bits per heavy atom. The third-order valence-corrected chi connectivity index (χ3v) is 13.9. The van der Waals surface area contributed by atoms with Crippen molar-refractivity contribution >= 4 is 51.9 Å². The zero-order valence-electron chi connectivity index (χ0n) is 36.6. The number of hydrogen-bond acceptors (Lipinski definition) is 12. The van der Waals surface area contributed by atoms with Crippen molar-refractivity contribution in [3.63, 3.8) is 0 Å². The molecule has 63 heavy (non-hydrogen) atoms. The standard InChI is InChI=1S/C49H58N4O10/c1-46(2,3)63-45(59)52-26-37(44(58)53-34-12-10-32-25-51-21-18-31(32)22-34)30-8-6-29(7-9-30)27-61-41(56)14-15-42(57)62-28-40(50)49(60)20-17-38-36-13-11-33-23-35(54)16-19-47(33,4)43(36)39(55)24-48(38,49)5/h6-10,12,16,18-19,21-23,25,36-39,43,50,55,60H,11,13-15,17,20,24,26-28H2,1-5H3,(H,52,59)(H,53,58)/t36-,37+,38-,39-,43+,47-,48-,49-/m0/s1. The molecule has 0 aliphatic heterocycles. The molecule has 14 heteroatoms. The average molecular weight is 863 g/mol. The number of aromatic nitrogens is 1. The molecular weight excluding hydrogens is 805 g/mol. The van der Waals surface area contributed by atoms with E-state index >= 15 is 0 Å². The highest BCUT2D eigenvalue weighted by molar-refractivity contribution is 6.01. The van der Waals surface area contributed by atoms with Gasteiger partial charge in [-0.25, -0.2) is 4.79 Å². The Kier molecular flexibility index (Phi) is 12.8. The van der Waals surface area contributed by atoms with E-state index < -0.39 is 58.7 Å². The first-order valence-electron chi connectivity index (χ1n) is 21.7. The number of carbonyl (C=O) groups is 5. The van der Waals surface area contributed by atoms with Crippen LogP contribution < -0.4 is 10.6 Å². The summed E-state index contributed by atoms with van der Waals surface area (Å²) >= 11 is 0. The van der Waals surface area contributed by atoms with Gasteiger partial charge in [-0.2, -0.15) is 0 Å². The number of pyridine rings is 1. The fourth-order valence-electron chi connectivity index (χ4n) is 10.7. The maximum atomic E-state index is 13.7. The molecule has 0 radical (unpaired) electrons. The van der Waals surface area contributed by atoms with Gasteiger partial charge in [-0.05, 0) is 112 Å². The van der Waals surface area contributed by atoms with Crippen LogP contribution in [0.1, 0.15) is 96.6 Å². The average Bonchev–Trinajstić information content (AvgIpc) is 3.51. The van der Waals surface area contributed by atoms with Gasteiger partial charge in [-0.3, -0.25) is 24.2 Å². The highest BCUT2D eigenvalue weighted by Gasteiger charge is 2.67. The number of hydrogen-bond donors (Lipinski definition) is 5. The summed E-state index contributed by atoms with van der Waals surface area (Å²) in [6.45, 7) is 8.68. The van der Waals surface area contributed by atoms with Crippen LogP contribution in [-0.4, -0.2) is 81.1 Å². The Morgan fingerprint density at radius 1 is 0.984 bits per heavy atom. The monoisotopic (exact) mass is 862 g/mol. The smallest absolute Gasteiger partial charge is 0.407 e. The van der Waals surface area contributed by atoms with Gasteiger partial charge >= 0.3 is 18.0 Å². The van der Waals surface area contributed by atoms with E-state index in [1.165, 1.54) is 0 Å². The lowest BCUT2D eigenvalue weighted by Gasteiger charge is -2.59. The fraction of sp³-hybridized carbons (Fsp3) is 0.490. The SMILES string of the molecule is CC(C)(C)OC(=O)NC[C@@H](C(=O)Nc1ccc2cnccc2c1)c1ccc(COC(=O)CCC(=O)OCC(=N)[C@@]2(O)CC[C@H]3[C@@H]4CCC5=CC(=O)C=C[C@]5(C)[C@H]4[C@@H](O)C[C@@]32C)cc1. The number of alkyl carbamates (subject to hydrolysis) is 1. The molecule has 2 aromatic carbocycles. The fourth-order valence-corrected chi connectivity index (χ4v) is 10.7. The molecule has 5 N–H and O–H groups in total. The third-order valence-electron chi connectivity index (χ3n) is 13.9. The van der Waals surface area contributed by atoms with Crippen molar-refractivity contribution in [1.82, 2.24) is 10.3 Å². The minimum atomic E-state index is -1.58. The molecule has 0 saturated heterocycles. The summed E-state index contributed by atoms with van der Waals surface area (Å²) in [6.07, 6.45) is 9.42. The number of carbonyl (C=O) groups excluding carboxylic acids is 5. The number of nitrogens with one attached hydrogen (secondary N) is 3. The van der Waals surface area contributed by atoms with Crippen molar-refractivity contribution in [2.24, 2.45) is 28.6 Å². The van der Waals surface area contributed by atoms with Crippen LogP contribution in [0.2, 0.25) is 0 Å². The van der Waals surface area contributed by atoms with Crippen LogP contribution in [0.15, 0.2) is 84.7 Å². The van der Waals surface area contributed by atoms with Gasteiger partial charge < -0.3 is 40.5 Å². The Hall–Kier alpha value is -5.73. The maximum absolute atomic E-state index is 13.7. The van der Waals surface area contributed by atoms with E-state index in [2.05, 4.69) is 22.5 Å². The number of benzene rings is 2. The number of allylic oxidation sites excluding steroid dienone is 4. The number of ether oxygens (including phenoxy) is 3. The van der Waals surface area contributed by atoms with Gasteiger partial charge in [-0.15, -0.1) is 0 Å². The molecular formula is C49H58N4O10. The third kappa shape index (κ3) is 9.47. The summed E-state index contributed by atoms with van der Waals surface area (Å²) in [4.78, 5) is 67.9. The van der Waals surface area contributed by atoms with Gasteiger partial charge in [-0.1, -0.05) is 55.8 Å². The normalized spacial score (nSPS) is 27.8.